The predicted molar refractivity (Wildman–Crippen MR) is 119 cm³/mol. The highest BCUT2D eigenvalue weighted by molar-refractivity contribution is 7.90. The molecule has 0 radical (unpaired) electrons. The molecule has 0 saturated heterocycles. The Bertz CT molecular complexity index is 865. The average Bonchev–Trinajstić information content (AvgIpc) is 2.64. The number of carboxylic acids is 1. The van der Waals surface area contributed by atoms with Gasteiger partial charge in [0.05, 0.1) is 6.04 Å². The Morgan fingerprint density at radius 2 is 1.70 bits per heavy atom. The van der Waals surface area contributed by atoms with Crippen LogP contribution in [0.15, 0.2) is 4.99 Å². The minimum Gasteiger partial charge on any atom is -0.480 e. The highest BCUT2D eigenvalue weighted by atomic mass is 32.2. The van der Waals surface area contributed by atoms with Gasteiger partial charge in [0.15, 0.2) is 5.96 Å². The van der Waals surface area contributed by atoms with Crippen LogP contribution in [0.5, 0.6) is 0 Å². The van der Waals surface area contributed by atoms with E-state index in [0.29, 0.717) is 6.42 Å². The number of rotatable bonds is 16. The summed E-state index contributed by atoms with van der Waals surface area (Å²) < 4.78 is 42.8. The number of amides is 2. The molecular formula is C14H32N9O8PS. The Labute approximate surface area is 190 Å². The Balaban J connectivity index is 4.49. The lowest BCUT2D eigenvalue weighted by molar-refractivity contribution is -0.142. The van der Waals surface area contributed by atoms with Crippen LogP contribution in [0.1, 0.15) is 32.6 Å². The van der Waals surface area contributed by atoms with E-state index in [1.54, 1.807) is 0 Å². The number of carbonyl (C=O) groups is 3. The van der Waals surface area contributed by atoms with E-state index in [-0.39, 0.29) is 38.3 Å². The summed E-state index contributed by atoms with van der Waals surface area (Å²) in [6.45, 7) is 1.42. The minimum absolute atomic E-state index is 0.0432. The molecule has 19 heteroatoms. The van der Waals surface area contributed by atoms with Gasteiger partial charge in [0.25, 0.3) is 7.59 Å². The van der Waals surface area contributed by atoms with Crippen LogP contribution in [0.2, 0.25) is 0 Å². The summed E-state index contributed by atoms with van der Waals surface area (Å²) in [6, 6.07) is -3.39. The maximum absolute atomic E-state index is 12.2. The first-order valence-electron chi connectivity index (χ1n) is 9.59. The van der Waals surface area contributed by atoms with Crippen LogP contribution in [0, 0.1) is 0 Å². The number of nitrogens with zero attached hydrogens (tertiary/aromatic N) is 1. The molecule has 0 rings (SSSR count). The molecule has 0 aliphatic rings. The molecule has 17 nitrogen and oxygen atoms in total. The van der Waals surface area contributed by atoms with Gasteiger partial charge in [-0.2, -0.15) is 8.42 Å². The number of hydrogen-bond donors (Lipinski definition) is 10. The first-order chi connectivity index (χ1) is 15.0. The van der Waals surface area contributed by atoms with E-state index in [4.69, 9.17) is 27.3 Å². The zero-order valence-electron chi connectivity index (χ0n) is 17.9. The Kier molecular flexibility index (Phi) is 13.0. The van der Waals surface area contributed by atoms with Crippen LogP contribution in [0.3, 0.4) is 0 Å². The molecule has 4 unspecified atom stereocenters. The third kappa shape index (κ3) is 15.2. The van der Waals surface area contributed by atoms with Gasteiger partial charge in [0, 0.05) is 13.1 Å². The van der Waals surface area contributed by atoms with Crippen LogP contribution in [-0.4, -0.2) is 73.0 Å². The van der Waals surface area contributed by atoms with E-state index in [1.807, 2.05) is 0 Å². The van der Waals surface area contributed by atoms with E-state index >= 15 is 0 Å². The Morgan fingerprint density at radius 1 is 1.09 bits per heavy atom. The van der Waals surface area contributed by atoms with Crippen molar-refractivity contribution in [2.45, 2.75) is 50.7 Å². The van der Waals surface area contributed by atoms with Gasteiger partial charge < -0.3 is 32.9 Å². The summed E-state index contributed by atoms with van der Waals surface area (Å²) in [7, 11) is -8.84. The molecule has 0 aliphatic heterocycles. The zero-order chi connectivity index (χ0) is 25.8. The number of nitrogens with one attached hydrogen (secondary N) is 4. The minimum atomic E-state index is -4.77. The molecular weight excluding hydrogens is 485 g/mol. The highest BCUT2D eigenvalue weighted by Crippen LogP contribution is 2.25. The van der Waals surface area contributed by atoms with E-state index < -0.39 is 53.8 Å². The van der Waals surface area contributed by atoms with Gasteiger partial charge in [-0.1, -0.05) is 0 Å². The molecule has 4 atom stereocenters. The molecule has 192 valence electrons. The van der Waals surface area contributed by atoms with Crippen molar-refractivity contribution in [3.05, 3.63) is 0 Å². The number of hydrogen-bond acceptors (Lipinski definition) is 8. The fourth-order valence-electron chi connectivity index (χ4n) is 2.35. The zero-order valence-corrected chi connectivity index (χ0v) is 19.6. The van der Waals surface area contributed by atoms with Crippen LogP contribution in [0.4, 0.5) is 0 Å². The first-order valence-corrected chi connectivity index (χ1v) is 12.8. The first kappa shape index (κ1) is 30.7. The van der Waals surface area contributed by atoms with Crippen LogP contribution >= 0.6 is 7.59 Å². The average molecular weight is 518 g/mol. The van der Waals surface area contributed by atoms with Crippen molar-refractivity contribution in [3.63, 3.8) is 0 Å². The summed E-state index contributed by atoms with van der Waals surface area (Å²) in [5, 5.41) is 16.1. The van der Waals surface area contributed by atoms with Crippen molar-refractivity contribution >= 4 is 41.6 Å². The highest BCUT2D eigenvalue weighted by Gasteiger charge is 2.25. The van der Waals surface area contributed by atoms with Crippen molar-refractivity contribution < 1.29 is 37.0 Å². The fraction of sp³-hybridized carbons (Fsp3) is 0.714. The molecule has 14 N–H and O–H groups in total. The van der Waals surface area contributed by atoms with Crippen molar-refractivity contribution in [1.29, 1.82) is 0 Å². The number of aliphatic imine (C=N–C) groups is 1. The van der Waals surface area contributed by atoms with E-state index in [9.17, 15) is 32.5 Å². The smallest absolute Gasteiger partial charge is 0.341 e. The van der Waals surface area contributed by atoms with Gasteiger partial charge in [-0.25, -0.2) is 9.88 Å². The second-order valence-electron chi connectivity index (χ2n) is 6.96. The molecule has 0 aliphatic carbocycles. The van der Waals surface area contributed by atoms with Gasteiger partial charge in [-0.05, 0) is 32.6 Å². The third-order valence-electron chi connectivity index (χ3n) is 3.94. The Hall–Kier alpha value is -2.34. The molecule has 0 heterocycles. The van der Waals surface area contributed by atoms with E-state index in [2.05, 4.69) is 20.7 Å². The summed E-state index contributed by atoms with van der Waals surface area (Å²) in [5.41, 5.74) is 21.2. The van der Waals surface area contributed by atoms with Crippen molar-refractivity contribution in [3.8, 4) is 0 Å². The second-order valence-corrected chi connectivity index (χ2v) is 10.3. The van der Waals surface area contributed by atoms with Crippen LogP contribution < -0.4 is 42.9 Å². The summed E-state index contributed by atoms with van der Waals surface area (Å²) in [4.78, 5) is 39.4. The largest absolute Gasteiger partial charge is 0.480 e. The second kappa shape index (κ2) is 14.0. The van der Waals surface area contributed by atoms with Crippen LogP contribution in [-0.2, 0) is 29.3 Å². The number of nitrogens with two attached hydrogens (primary N) is 4. The van der Waals surface area contributed by atoms with Gasteiger partial charge >= 0.3 is 16.3 Å². The molecule has 0 spiro atoms. The lowest BCUT2D eigenvalue weighted by Crippen LogP contribution is -2.53. The van der Waals surface area contributed by atoms with Gasteiger partial charge in [0.1, 0.15) is 12.1 Å². The summed E-state index contributed by atoms with van der Waals surface area (Å²) >= 11 is 0. The molecule has 2 amide bonds. The lowest BCUT2D eigenvalue weighted by atomic mass is 10.1. The van der Waals surface area contributed by atoms with Crippen molar-refractivity contribution in [1.82, 2.24) is 20.2 Å². The monoisotopic (exact) mass is 517 g/mol. The molecule has 0 aromatic heterocycles. The van der Waals surface area contributed by atoms with Crippen molar-refractivity contribution in [2.75, 3.05) is 13.1 Å². The topological polar surface area (TPSA) is 307 Å². The normalized spacial score (nSPS) is 16.0. The van der Waals surface area contributed by atoms with E-state index in [0.717, 1.165) is 0 Å². The molecule has 0 aromatic carbocycles. The number of aliphatic carboxylic acids is 1. The lowest BCUT2D eigenvalue weighted by Gasteiger charge is -2.20. The SMILES string of the molecule is CC(NC(=O)C(N)CCCNP(N)(=O)NS(=O)(=O)O)C(=O)NC(CCCN=C(N)N)C(=O)O. The molecule has 0 bridgehead atoms. The molecule has 0 saturated carbocycles. The number of carbonyl (C=O) groups excluding carboxylic acids is 2. The van der Waals surface area contributed by atoms with Gasteiger partial charge in [-0.15, -0.1) is 4.49 Å². The third-order valence-corrected chi connectivity index (χ3v) is 6.64. The predicted octanol–water partition coefficient (Wildman–Crippen LogP) is -3.73. The summed E-state index contributed by atoms with van der Waals surface area (Å²) in [6.07, 6.45) is 0.536. The maximum Gasteiger partial charge on any atom is 0.341 e. The van der Waals surface area contributed by atoms with E-state index in [1.165, 1.54) is 11.4 Å². The maximum atomic E-state index is 12.2. The quantitative estimate of drug-likeness (QED) is 0.0310. The molecule has 0 aromatic rings. The Morgan fingerprint density at radius 3 is 2.21 bits per heavy atom. The number of guanidine groups is 1. The van der Waals surface area contributed by atoms with Gasteiger partial charge in [0.2, 0.25) is 11.8 Å². The van der Waals surface area contributed by atoms with Crippen LogP contribution in [0.25, 0.3) is 0 Å². The fourth-order valence-corrected chi connectivity index (χ4v) is 4.47. The van der Waals surface area contributed by atoms with Crippen molar-refractivity contribution in [2.24, 2.45) is 27.7 Å². The standard InChI is InChI=1S/C14H32N9O8PS/c1-8(11(24)22-10(13(26)27)5-3-6-19-14(16)17)21-12(25)9(15)4-2-7-20-32(18,28)23-33(29,30)31/h8-10H,2-7,15H2,1H3,(H,21,25)(H,22,24)(H,26,27)(H4,16,17,19)(H,29,30,31)(H4,18,20,23,28). The molecule has 33 heavy (non-hydrogen) atoms. The number of carboxylic acid groups (broad SMARTS) is 1. The summed E-state index contributed by atoms with van der Waals surface area (Å²) in [5.74, 6) is -2.85. The van der Waals surface area contributed by atoms with Gasteiger partial charge in [-0.3, -0.25) is 29.2 Å². The molecule has 0 fully saturated rings.